The van der Waals surface area contributed by atoms with Gasteiger partial charge in [-0.05, 0) is 19.8 Å². The van der Waals surface area contributed by atoms with Crippen molar-refractivity contribution >= 4 is 0 Å². The van der Waals surface area contributed by atoms with Crippen molar-refractivity contribution in [1.82, 2.24) is 0 Å². The molecular weight excluding hydrogens is 124 g/mol. The zero-order valence-electron chi connectivity index (χ0n) is 6.89. The summed E-state index contributed by atoms with van der Waals surface area (Å²) in [6, 6.07) is 0. The van der Waals surface area contributed by atoms with Crippen LogP contribution in [0.3, 0.4) is 0 Å². The lowest BCUT2D eigenvalue weighted by molar-refractivity contribution is 0.0708. The van der Waals surface area contributed by atoms with Gasteiger partial charge in [-0.15, -0.1) is 0 Å². The molecule has 0 fully saturated rings. The summed E-state index contributed by atoms with van der Waals surface area (Å²) >= 11 is 0. The predicted octanol–water partition coefficient (Wildman–Crippen LogP) is 2.52. The molecule has 0 spiro atoms. The van der Waals surface area contributed by atoms with Crippen LogP contribution >= 0.6 is 0 Å². The molecule has 1 aliphatic heterocycles. The minimum atomic E-state index is 0.416. The maximum absolute atomic E-state index is 5.51. The van der Waals surface area contributed by atoms with Crippen LogP contribution in [0.15, 0.2) is 11.6 Å². The molecule has 0 amide bonds. The van der Waals surface area contributed by atoms with E-state index in [2.05, 4.69) is 19.9 Å². The van der Waals surface area contributed by atoms with Crippen molar-refractivity contribution in [2.75, 3.05) is 6.61 Å². The van der Waals surface area contributed by atoms with E-state index in [0.29, 0.717) is 6.10 Å². The Morgan fingerprint density at radius 3 is 3.10 bits per heavy atom. The highest BCUT2D eigenvalue weighted by Gasteiger charge is 2.09. The third kappa shape index (κ3) is 2.14. The minimum absolute atomic E-state index is 0.416. The van der Waals surface area contributed by atoms with E-state index in [4.69, 9.17) is 4.74 Å². The van der Waals surface area contributed by atoms with Gasteiger partial charge in [0.2, 0.25) is 0 Å². The topological polar surface area (TPSA) is 9.23 Å². The molecular formula is C9H16O. The van der Waals surface area contributed by atoms with Crippen LogP contribution in [-0.4, -0.2) is 12.7 Å². The molecule has 0 aromatic rings. The van der Waals surface area contributed by atoms with Gasteiger partial charge in [0.25, 0.3) is 0 Å². The van der Waals surface area contributed by atoms with E-state index in [1.54, 1.807) is 0 Å². The van der Waals surface area contributed by atoms with Crippen molar-refractivity contribution in [3.05, 3.63) is 11.6 Å². The second kappa shape index (κ2) is 3.77. The predicted molar refractivity (Wildman–Crippen MR) is 43.0 cm³/mol. The quantitative estimate of drug-likeness (QED) is 0.535. The van der Waals surface area contributed by atoms with E-state index in [9.17, 15) is 0 Å². The SMILES string of the molecule is CCCC1C=C(C)CCO1. The molecule has 0 bridgehead atoms. The molecule has 0 aromatic carbocycles. The van der Waals surface area contributed by atoms with Gasteiger partial charge in [-0.2, -0.15) is 0 Å². The fourth-order valence-electron chi connectivity index (χ4n) is 1.27. The Balaban J connectivity index is 2.38. The lowest BCUT2D eigenvalue weighted by atomic mass is 10.1. The van der Waals surface area contributed by atoms with Crippen LogP contribution in [-0.2, 0) is 4.74 Å². The second-order valence-corrected chi connectivity index (χ2v) is 2.96. The van der Waals surface area contributed by atoms with E-state index in [-0.39, 0.29) is 0 Å². The van der Waals surface area contributed by atoms with E-state index in [0.717, 1.165) is 13.0 Å². The summed E-state index contributed by atoms with van der Waals surface area (Å²) in [4.78, 5) is 0. The Kier molecular flexibility index (Phi) is 2.94. The number of ether oxygens (including phenoxy) is 1. The van der Waals surface area contributed by atoms with Gasteiger partial charge >= 0.3 is 0 Å². The number of hydrogen-bond acceptors (Lipinski definition) is 1. The van der Waals surface area contributed by atoms with Crippen molar-refractivity contribution in [1.29, 1.82) is 0 Å². The molecule has 1 heterocycles. The third-order valence-electron chi connectivity index (χ3n) is 1.87. The first-order valence-electron chi connectivity index (χ1n) is 4.12. The lowest BCUT2D eigenvalue weighted by Crippen LogP contribution is -2.15. The standard InChI is InChI=1S/C9H16O/c1-3-4-9-7-8(2)5-6-10-9/h7,9H,3-6H2,1-2H3. The molecule has 0 radical (unpaired) electrons. The fraction of sp³-hybridized carbons (Fsp3) is 0.778. The van der Waals surface area contributed by atoms with E-state index in [1.807, 2.05) is 0 Å². The van der Waals surface area contributed by atoms with Gasteiger partial charge < -0.3 is 4.74 Å². The summed E-state index contributed by atoms with van der Waals surface area (Å²) < 4.78 is 5.51. The summed E-state index contributed by atoms with van der Waals surface area (Å²) in [5, 5.41) is 0. The highest BCUT2D eigenvalue weighted by molar-refractivity contribution is 5.04. The molecule has 0 saturated heterocycles. The fourth-order valence-corrected chi connectivity index (χ4v) is 1.27. The van der Waals surface area contributed by atoms with Crippen molar-refractivity contribution in [2.24, 2.45) is 0 Å². The van der Waals surface area contributed by atoms with Gasteiger partial charge in [-0.1, -0.05) is 25.0 Å². The van der Waals surface area contributed by atoms with Gasteiger partial charge in [-0.25, -0.2) is 0 Å². The van der Waals surface area contributed by atoms with Crippen LogP contribution in [0.2, 0.25) is 0 Å². The Hall–Kier alpha value is -0.300. The van der Waals surface area contributed by atoms with Gasteiger partial charge in [0, 0.05) is 0 Å². The molecule has 1 rings (SSSR count). The van der Waals surface area contributed by atoms with Crippen LogP contribution < -0.4 is 0 Å². The summed E-state index contributed by atoms with van der Waals surface area (Å²) in [6.07, 6.45) is 6.19. The zero-order chi connectivity index (χ0) is 7.40. The Morgan fingerprint density at radius 1 is 1.70 bits per heavy atom. The molecule has 1 aliphatic rings. The largest absolute Gasteiger partial charge is 0.374 e. The smallest absolute Gasteiger partial charge is 0.0758 e. The summed E-state index contributed by atoms with van der Waals surface area (Å²) in [5.74, 6) is 0. The summed E-state index contributed by atoms with van der Waals surface area (Å²) in [7, 11) is 0. The first-order chi connectivity index (χ1) is 4.83. The van der Waals surface area contributed by atoms with E-state index >= 15 is 0 Å². The van der Waals surface area contributed by atoms with Crippen LogP contribution in [0, 0.1) is 0 Å². The Morgan fingerprint density at radius 2 is 2.50 bits per heavy atom. The maximum atomic E-state index is 5.51. The number of hydrogen-bond donors (Lipinski definition) is 0. The Labute approximate surface area is 63.1 Å². The van der Waals surface area contributed by atoms with Crippen LogP contribution in [0.4, 0.5) is 0 Å². The molecule has 0 aromatic heterocycles. The third-order valence-corrected chi connectivity index (χ3v) is 1.87. The average molecular weight is 140 g/mol. The molecule has 1 atom stereocenters. The molecule has 0 saturated carbocycles. The van der Waals surface area contributed by atoms with Crippen LogP contribution in [0.25, 0.3) is 0 Å². The first-order valence-corrected chi connectivity index (χ1v) is 4.12. The Bertz CT molecular complexity index is 127. The van der Waals surface area contributed by atoms with Crippen molar-refractivity contribution in [2.45, 2.75) is 39.2 Å². The van der Waals surface area contributed by atoms with Gasteiger partial charge in [0.15, 0.2) is 0 Å². The highest BCUT2D eigenvalue weighted by atomic mass is 16.5. The van der Waals surface area contributed by atoms with Gasteiger partial charge in [0.1, 0.15) is 0 Å². The van der Waals surface area contributed by atoms with Crippen molar-refractivity contribution in [3.63, 3.8) is 0 Å². The average Bonchev–Trinajstić information content (AvgIpc) is 1.88. The maximum Gasteiger partial charge on any atom is 0.0758 e. The van der Waals surface area contributed by atoms with Crippen LogP contribution in [0.5, 0.6) is 0 Å². The second-order valence-electron chi connectivity index (χ2n) is 2.96. The first kappa shape index (κ1) is 7.80. The lowest BCUT2D eigenvalue weighted by Gasteiger charge is -2.19. The molecule has 1 heteroatoms. The summed E-state index contributed by atoms with van der Waals surface area (Å²) in [6.45, 7) is 5.30. The normalized spacial score (nSPS) is 26.2. The van der Waals surface area contributed by atoms with Gasteiger partial charge in [0.05, 0.1) is 12.7 Å². The van der Waals surface area contributed by atoms with Crippen LogP contribution in [0.1, 0.15) is 33.1 Å². The van der Waals surface area contributed by atoms with Crippen molar-refractivity contribution < 1.29 is 4.74 Å². The van der Waals surface area contributed by atoms with E-state index in [1.165, 1.54) is 18.4 Å². The molecule has 1 nitrogen and oxygen atoms in total. The molecule has 58 valence electrons. The minimum Gasteiger partial charge on any atom is -0.374 e. The van der Waals surface area contributed by atoms with Crippen molar-refractivity contribution in [3.8, 4) is 0 Å². The number of rotatable bonds is 2. The molecule has 0 N–H and O–H groups in total. The molecule has 0 aliphatic carbocycles. The highest BCUT2D eigenvalue weighted by Crippen LogP contribution is 2.15. The molecule has 10 heavy (non-hydrogen) atoms. The monoisotopic (exact) mass is 140 g/mol. The van der Waals surface area contributed by atoms with E-state index < -0.39 is 0 Å². The van der Waals surface area contributed by atoms with Gasteiger partial charge in [-0.3, -0.25) is 0 Å². The zero-order valence-corrected chi connectivity index (χ0v) is 6.89. The molecule has 1 unspecified atom stereocenters. The summed E-state index contributed by atoms with van der Waals surface area (Å²) in [5.41, 5.74) is 1.49.